The molecule has 0 unspecified atom stereocenters. The Kier molecular flexibility index (Phi) is 5.16. The molecule has 0 fully saturated rings. The van der Waals surface area contributed by atoms with Gasteiger partial charge in [-0.15, -0.1) is 0 Å². The van der Waals surface area contributed by atoms with Gasteiger partial charge in [-0.2, -0.15) is 5.10 Å². The maximum atomic E-state index is 11.3. The number of nitro groups is 1. The summed E-state index contributed by atoms with van der Waals surface area (Å²) in [5.41, 5.74) is 2.54. The minimum absolute atomic E-state index is 0.0957. The monoisotopic (exact) mass is 331 g/mol. The number of hydrogen-bond donors (Lipinski definition) is 0. The summed E-state index contributed by atoms with van der Waals surface area (Å²) in [6, 6.07) is 26.1. The second-order valence-electron chi connectivity index (χ2n) is 5.43. The molecule has 124 valence electrons. The van der Waals surface area contributed by atoms with Crippen molar-refractivity contribution < 1.29 is 4.92 Å². The van der Waals surface area contributed by atoms with Crippen LogP contribution in [-0.2, 0) is 6.54 Å². The van der Waals surface area contributed by atoms with Crippen LogP contribution >= 0.6 is 0 Å². The third kappa shape index (κ3) is 4.29. The zero-order valence-electron chi connectivity index (χ0n) is 13.5. The fraction of sp³-hybridized carbons (Fsp3) is 0.0500. The Balaban J connectivity index is 1.93. The highest BCUT2D eigenvalue weighted by Crippen LogP contribution is 2.23. The van der Waals surface area contributed by atoms with Gasteiger partial charge >= 0.3 is 0 Å². The first-order chi connectivity index (χ1) is 12.2. The quantitative estimate of drug-likeness (QED) is 0.376. The lowest BCUT2D eigenvalue weighted by Crippen LogP contribution is -2.17. The number of anilines is 1. The molecule has 0 saturated heterocycles. The number of rotatable bonds is 6. The van der Waals surface area contributed by atoms with Gasteiger partial charge in [0, 0.05) is 6.07 Å². The van der Waals surface area contributed by atoms with Gasteiger partial charge in [0.1, 0.15) is 0 Å². The molecule has 0 spiro atoms. The summed E-state index contributed by atoms with van der Waals surface area (Å²) in [4.78, 5) is 10.9. The first kappa shape index (κ1) is 16.4. The van der Waals surface area contributed by atoms with Crippen molar-refractivity contribution in [2.75, 3.05) is 5.01 Å². The van der Waals surface area contributed by atoms with Gasteiger partial charge in [-0.05, 0) is 17.7 Å². The van der Waals surface area contributed by atoms with Gasteiger partial charge in [0.05, 0.1) is 28.9 Å². The Morgan fingerprint density at radius 2 is 1.48 bits per heavy atom. The number of nitrogens with zero attached hydrogens (tertiary/aromatic N) is 3. The molecule has 0 amide bonds. The van der Waals surface area contributed by atoms with Crippen LogP contribution in [0.2, 0.25) is 0 Å². The summed E-state index contributed by atoms with van der Waals surface area (Å²) in [7, 11) is 0. The van der Waals surface area contributed by atoms with Crippen LogP contribution < -0.4 is 5.01 Å². The summed E-state index contributed by atoms with van der Waals surface area (Å²) < 4.78 is 0. The van der Waals surface area contributed by atoms with E-state index in [1.54, 1.807) is 29.4 Å². The number of nitro benzene ring substituents is 1. The van der Waals surface area contributed by atoms with Crippen molar-refractivity contribution in [1.82, 2.24) is 0 Å². The Hall–Kier alpha value is -3.47. The molecule has 0 radical (unpaired) electrons. The molecule has 0 heterocycles. The van der Waals surface area contributed by atoms with Crippen molar-refractivity contribution in [3.8, 4) is 0 Å². The van der Waals surface area contributed by atoms with Gasteiger partial charge in [-0.25, -0.2) is 0 Å². The SMILES string of the molecule is O=[N+]([O-])c1ccccc1CN(/N=C/c1ccccc1)c1ccccc1. The van der Waals surface area contributed by atoms with Crippen LogP contribution in [0.3, 0.4) is 0 Å². The van der Waals surface area contributed by atoms with Crippen molar-refractivity contribution in [2.24, 2.45) is 5.10 Å². The first-order valence-electron chi connectivity index (χ1n) is 7.88. The topological polar surface area (TPSA) is 58.7 Å². The second kappa shape index (κ2) is 7.88. The molecule has 0 aromatic heterocycles. The first-order valence-corrected chi connectivity index (χ1v) is 7.88. The molecule has 3 aromatic rings. The zero-order chi connectivity index (χ0) is 17.5. The summed E-state index contributed by atoms with van der Waals surface area (Å²) >= 11 is 0. The standard InChI is InChI=1S/C20H17N3O2/c24-23(25)20-14-8-7-11-18(20)16-22(19-12-5-2-6-13-19)21-15-17-9-3-1-4-10-17/h1-15H,16H2/b21-15+. The van der Waals surface area contributed by atoms with Crippen LogP contribution in [0, 0.1) is 10.1 Å². The molecule has 0 N–H and O–H groups in total. The molecule has 0 aliphatic rings. The predicted molar refractivity (Wildman–Crippen MR) is 99.8 cm³/mol. The average Bonchev–Trinajstić information content (AvgIpc) is 2.67. The van der Waals surface area contributed by atoms with Crippen molar-refractivity contribution in [1.29, 1.82) is 0 Å². The highest BCUT2D eigenvalue weighted by atomic mass is 16.6. The van der Waals surface area contributed by atoms with Crippen LogP contribution in [-0.4, -0.2) is 11.1 Å². The number of hydrazone groups is 1. The van der Waals surface area contributed by atoms with E-state index in [1.807, 2.05) is 60.7 Å². The van der Waals surface area contributed by atoms with E-state index in [4.69, 9.17) is 0 Å². The van der Waals surface area contributed by atoms with E-state index in [0.29, 0.717) is 12.1 Å². The smallest absolute Gasteiger partial charge is 0.261 e. The molecule has 0 atom stereocenters. The molecule has 0 aliphatic carbocycles. The normalized spacial score (nSPS) is 10.7. The maximum Gasteiger partial charge on any atom is 0.274 e. The van der Waals surface area contributed by atoms with Crippen molar-refractivity contribution in [3.63, 3.8) is 0 Å². The molecular formula is C20H17N3O2. The summed E-state index contributed by atoms with van der Waals surface area (Å²) in [5.74, 6) is 0. The lowest BCUT2D eigenvalue weighted by atomic mass is 10.1. The van der Waals surface area contributed by atoms with E-state index < -0.39 is 0 Å². The fourth-order valence-corrected chi connectivity index (χ4v) is 2.46. The van der Waals surface area contributed by atoms with E-state index in [-0.39, 0.29) is 10.6 Å². The van der Waals surface area contributed by atoms with Gasteiger partial charge in [-0.1, -0.05) is 66.7 Å². The predicted octanol–water partition coefficient (Wildman–Crippen LogP) is 4.64. The van der Waals surface area contributed by atoms with Gasteiger partial charge in [0.2, 0.25) is 0 Å². The summed E-state index contributed by atoms with van der Waals surface area (Å²) in [5, 5.41) is 17.6. The molecule has 5 nitrogen and oxygen atoms in total. The molecule has 25 heavy (non-hydrogen) atoms. The molecule has 5 heteroatoms. The van der Waals surface area contributed by atoms with Crippen molar-refractivity contribution >= 4 is 17.6 Å². The average molecular weight is 331 g/mol. The fourth-order valence-electron chi connectivity index (χ4n) is 2.46. The Morgan fingerprint density at radius 1 is 0.880 bits per heavy atom. The minimum atomic E-state index is -0.362. The number of benzene rings is 3. The van der Waals surface area contributed by atoms with E-state index in [0.717, 1.165) is 11.3 Å². The number of para-hydroxylation sites is 2. The Labute approximate surface area is 146 Å². The van der Waals surface area contributed by atoms with Gasteiger partial charge in [0.15, 0.2) is 0 Å². The summed E-state index contributed by atoms with van der Waals surface area (Å²) in [6.07, 6.45) is 1.75. The van der Waals surface area contributed by atoms with Crippen molar-refractivity contribution in [2.45, 2.75) is 6.54 Å². The van der Waals surface area contributed by atoms with Crippen LogP contribution in [0.25, 0.3) is 0 Å². The van der Waals surface area contributed by atoms with Crippen LogP contribution in [0.15, 0.2) is 90.0 Å². The molecule has 3 rings (SSSR count). The van der Waals surface area contributed by atoms with Crippen LogP contribution in [0.4, 0.5) is 11.4 Å². The maximum absolute atomic E-state index is 11.3. The Morgan fingerprint density at radius 3 is 2.16 bits per heavy atom. The second-order valence-corrected chi connectivity index (χ2v) is 5.43. The largest absolute Gasteiger partial charge is 0.274 e. The highest BCUT2D eigenvalue weighted by Gasteiger charge is 2.15. The zero-order valence-corrected chi connectivity index (χ0v) is 13.5. The molecule has 3 aromatic carbocycles. The lowest BCUT2D eigenvalue weighted by molar-refractivity contribution is -0.385. The molecular weight excluding hydrogens is 314 g/mol. The third-order valence-electron chi connectivity index (χ3n) is 3.71. The molecule has 0 aliphatic heterocycles. The minimum Gasteiger partial charge on any atom is -0.261 e. The highest BCUT2D eigenvalue weighted by molar-refractivity contribution is 5.80. The van der Waals surface area contributed by atoms with E-state index in [9.17, 15) is 10.1 Å². The van der Waals surface area contributed by atoms with E-state index in [1.165, 1.54) is 6.07 Å². The van der Waals surface area contributed by atoms with E-state index >= 15 is 0 Å². The van der Waals surface area contributed by atoms with Gasteiger partial charge < -0.3 is 0 Å². The summed E-state index contributed by atoms with van der Waals surface area (Å²) in [6.45, 7) is 0.310. The van der Waals surface area contributed by atoms with Gasteiger partial charge in [-0.3, -0.25) is 15.1 Å². The van der Waals surface area contributed by atoms with E-state index in [2.05, 4.69) is 5.10 Å². The van der Waals surface area contributed by atoms with Crippen LogP contribution in [0.5, 0.6) is 0 Å². The van der Waals surface area contributed by atoms with Crippen LogP contribution in [0.1, 0.15) is 11.1 Å². The van der Waals surface area contributed by atoms with Crippen molar-refractivity contribution in [3.05, 3.63) is 106 Å². The number of hydrogen-bond acceptors (Lipinski definition) is 4. The lowest BCUT2D eigenvalue weighted by Gasteiger charge is -2.19. The molecule has 0 saturated carbocycles. The molecule has 0 bridgehead atoms. The Bertz CT molecular complexity index is 864. The third-order valence-corrected chi connectivity index (χ3v) is 3.71. The van der Waals surface area contributed by atoms with Gasteiger partial charge in [0.25, 0.3) is 5.69 Å².